The van der Waals surface area contributed by atoms with Crippen LogP contribution in [0.15, 0.2) is 61.2 Å². The molecule has 0 spiro atoms. The van der Waals surface area contributed by atoms with Crippen LogP contribution in [0, 0.1) is 0 Å². The molecule has 3 heterocycles. The molecule has 1 aliphatic rings. The Morgan fingerprint density at radius 3 is 1.60 bits per heavy atom. The van der Waals surface area contributed by atoms with Crippen molar-refractivity contribution in [3.05, 3.63) is 72.3 Å². The van der Waals surface area contributed by atoms with Gasteiger partial charge in [0.15, 0.2) is 0 Å². The number of aromatic nitrogens is 8. The number of hydrogen-bond acceptors (Lipinski definition) is 10. The summed E-state index contributed by atoms with van der Waals surface area (Å²) in [7, 11) is 0. The molecule has 5 rings (SSSR count). The minimum absolute atomic E-state index is 0.0237. The van der Waals surface area contributed by atoms with Crippen LogP contribution in [0.4, 0.5) is 4.79 Å². The van der Waals surface area contributed by atoms with Gasteiger partial charge in [0.2, 0.25) is 5.91 Å². The molecule has 1 fully saturated rings. The van der Waals surface area contributed by atoms with E-state index >= 15 is 0 Å². The molecule has 0 bridgehead atoms. The second kappa shape index (κ2) is 13.4. The van der Waals surface area contributed by atoms with Gasteiger partial charge in [-0.1, -0.05) is 24.3 Å². The highest BCUT2D eigenvalue weighted by Crippen LogP contribution is 2.14. The summed E-state index contributed by atoms with van der Waals surface area (Å²) in [5.41, 5.74) is 2.79. The molecule has 0 saturated carbocycles. The number of carboxylic acids is 1. The van der Waals surface area contributed by atoms with Gasteiger partial charge in [-0.05, 0) is 77.0 Å². The van der Waals surface area contributed by atoms with E-state index in [0.717, 1.165) is 22.5 Å². The van der Waals surface area contributed by atoms with Crippen LogP contribution in [-0.4, -0.2) is 105 Å². The zero-order chi connectivity index (χ0) is 30.1. The van der Waals surface area contributed by atoms with Crippen molar-refractivity contribution in [3.63, 3.8) is 0 Å². The summed E-state index contributed by atoms with van der Waals surface area (Å²) >= 11 is 0. The van der Waals surface area contributed by atoms with Crippen molar-refractivity contribution in [2.24, 2.45) is 0 Å². The maximum absolute atomic E-state index is 12.5. The number of hydrogen-bond donors (Lipinski definition) is 1. The van der Waals surface area contributed by atoms with Gasteiger partial charge in [0.25, 0.3) is 0 Å². The van der Waals surface area contributed by atoms with Crippen LogP contribution in [0.2, 0.25) is 0 Å². The van der Waals surface area contributed by atoms with Crippen molar-refractivity contribution < 1.29 is 24.2 Å². The third kappa shape index (κ3) is 8.64. The van der Waals surface area contributed by atoms with Crippen LogP contribution in [0.25, 0.3) is 11.4 Å². The third-order valence-electron chi connectivity index (χ3n) is 6.09. The van der Waals surface area contributed by atoms with Gasteiger partial charge in [0.05, 0.1) is 24.2 Å². The molecule has 2 aromatic carbocycles. The number of aliphatic carboxylic acids is 1. The number of carbonyl (C=O) groups excluding carboxylic acids is 2. The second-order valence-electron chi connectivity index (χ2n) is 10.4. The predicted octanol–water partition coefficient (Wildman–Crippen LogP) is 1.57. The lowest BCUT2D eigenvalue weighted by molar-refractivity contribution is -0.136. The second-order valence-corrected chi connectivity index (χ2v) is 10.4. The molecule has 2 amide bonds. The Bertz CT molecular complexity index is 1440. The Morgan fingerprint density at radius 1 is 0.738 bits per heavy atom. The van der Waals surface area contributed by atoms with Gasteiger partial charge < -0.3 is 19.6 Å². The number of carboxylic acid groups (broad SMARTS) is 1. The van der Waals surface area contributed by atoms with Crippen LogP contribution in [0.5, 0.6) is 0 Å². The molecule has 0 atom stereocenters. The number of amides is 2. The number of piperazine rings is 1. The molecular weight excluding hydrogens is 544 g/mol. The monoisotopic (exact) mass is 576 g/mol. The highest BCUT2D eigenvalue weighted by molar-refractivity contribution is 5.79. The number of rotatable bonds is 6. The Hall–Kier alpha value is -5.21. The SMILES string of the molecule is CC(C)(C)OC(=O)N1CCN(C(=O)Cc2ccc(-n3cnnn3)cc2)CC1.O=C(O)Cc1ccc(-n2cnnn2)cc1. The minimum Gasteiger partial charge on any atom is -0.481 e. The molecule has 4 aromatic rings. The van der Waals surface area contributed by atoms with Gasteiger partial charge in [-0.25, -0.2) is 14.2 Å². The van der Waals surface area contributed by atoms with Crippen LogP contribution in [-0.2, 0) is 27.2 Å². The summed E-state index contributed by atoms with van der Waals surface area (Å²) in [6, 6.07) is 14.6. The van der Waals surface area contributed by atoms with Gasteiger partial charge in [0, 0.05) is 26.2 Å². The number of tetrazole rings is 2. The molecule has 2 aromatic heterocycles. The Morgan fingerprint density at radius 2 is 1.19 bits per heavy atom. The van der Waals surface area contributed by atoms with Gasteiger partial charge in [-0.2, -0.15) is 0 Å². The smallest absolute Gasteiger partial charge is 0.410 e. The Kier molecular flexibility index (Phi) is 9.52. The largest absolute Gasteiger partial charge is 0.481 e. The molecule has 0 unspecified atom stereocenters. The molecular formula is C27H32N10O5. The maximum Gasteiger partial charge on any atom is 0.410 e. The fraction of sp³-hybridized carbons (Fsp3) is 0.370. The lowest BCUT2D eigenvalue weighted by atomic mass is 10.1. The van der Waals surface area contributed by atoms with E-state index in [-0.39, 0.29) is 18.4 Å². The number of benzene rings is 2. The van der Waals surface area contributed by atoms with Gasteiger partial charge in [-0.3, -0.25) is 9.59 Å². The summed E-state index contributed by atoms with van der Waals surface area (Å²) in [5, 5.41) is 30.4. The summed E-state index contributed by atoms with van der Waals surface area (Å²) < 4.78 is 8.44. The van der Waals surface area contributed by atoms with Gasteiger partial charge in [0.1, 0.15) is 18.3 Å². The summed E-state index contributed by atoms with van der Waals surface area (Å²) in [5.74, 6) is -0.792. The van der Waals surface area contributed by atoms with Crippen molar-refractivity contribution in [1.82, 2.24) is 50.2 Å². The Labute approximate surface area is 241 Å². The van der Waals surface area contributed by atoms with Crippen molar-refractivity contribution in [2.45, 2.75) is 39.2 Å². The molecule has 15 heteroatoms. The summed E-state index contributed by atoms with van der Waals surface area (Å²) in [4.78, 5) is 38.5. The quantitative estimate of drug-likeness (QED) is 0.353. The van der Waals surface area contributed by atoms with E-state index in [9.17, 15) is 14.4 Å². The summed E-state index contributed by atoms with van der Waals surface area (Å²) in [6.45, 7) is 7.53. The first-order chi connectivity index (χ1) is 20.1. The van der Waals surface area contributed by atoms with Crippen LogP contribution >= 0.6 is 0 Å². The fourth-order valence-corrected chi connectivity index (χ4v) is 4.02. The van der Waals surface area contributed by atoms with Crippen LogP contribution in [0.1, 0.15) is 31.9 Å². The summed E-state index contributed by atoms with van der Waals surface area (Å²) in [6.07, 6.45) is 3.02. The molecule has 220 valence electrons. The first-order valence-electron chi connectivity index (χ1n) is 13.2. The van der Waals surface area contributed by atoms with Gasteiger partial charge in [-0.15, -0.1) is 10.2 Å². The van der Waals surface area contributed by atoms with Crippen molar-refractivity contribution in [2.75, 3.05) is 26.2 Å². The predicted molar refractivity (Wildman–Crippen MR) is 148 cm³/mol. The lowest BCUT2D eigenvalue weighted by Crippen LogP contribution is -2.51. The number of nitrogens with zero attached hydrogens (tertiary/aromatic N) is 10. The topological polar surface area (TPSA) is 174 Å². The van der Waals surface area contributed by atoms with E-state index in [4.69, 9.17) is 9.84 Å². The van der Waals surface area contributed by atoms with Crippen molar-refractivity contribution >= 4 is 18.0 Å². The van der Waals surface area contributed by atoms with E-state index in [1.54, 1.807) is 38.7 Å². The van der Waals surface area contributed by atoms with Crippen LogP contribution in [0.3, 0.4) is 0 Å². The zero-order valence-corrected chi connectivity index (χ0v) is 23.6. The molecule has 1 saturated heterocycles. The molecule has 0 aliphatic carbocycles. The minimum atomic E-state index is -0.842. The standard InChI is InChI=1S/C18H24N6O3.C9H8N4O2/c1-18(2,3)27-17(26)23-10-8-22(9-11-23)16(25)12-14-4-6-15(7-5-14)24-13-19-20-21-24;14-9(15)5-7-1-3-8(4-2-7)13-6-10-11-12-13/h4-7,13H,8-12H2,1-3H3;1-4,6H,5H2,(H,14,15). The Balaban J connectivity index is 0.000000227. The third-order valence-corrected chi connectivity index (χ3v) is 6.09. The van der Waals surface area contributed by atoms with Crippen molar-refractivity contribution in [3.8, 4) is 11.4 Å². The lowest BCUT2D eigenvalue weighted by Gasteiger charge is -2.35. The van der Waals surface area contributed by atoms with Crippen LogP contribution < -0.4 is 0 Å². The highest BCUT2D eigenvalue weighted by atomic mass is 16.6. The maximum atomic E-state index is 12.5. The molecule has 15 nitrogen and oxygen atoms in total. The van der Waals surface area contributed by atoms with E-state index in [1.165, 1.54) is 17.3 Å². The zero-order valence-electron chi connectivity index (χ0n) is 23.6. The first kappa shape index (κ1) is 29.8. The average Bonchev–Trinajstić information content (AvgIpc) is 3.69. The molecule has 42 heavy (non-hydrogen) atoms. The molecule has 0 radical (unpaired) electrons. The van der Waals surface area contributed by atoms with Gasteiger partial charge >= 0.3 is 12.1 Å². The fourth-order valence-electron chi connectivity index (χ4n) is 4.02. The van der Waals surface area contributed by atoms with E-state index in [1.807, 2.05) is 45.0 Å². The van der Waals surface area contributed by atoms with Crippen molar-refractivity contribution in [1.29, 1.82) is 0 Å². The van der Waals surface area contributed by atoms with E-state index in [2.05, 4.69) is 31.1 Å². The van der Waals surface area contributed by atoms with E-state index in [0.29, 0.717) is 32.6 Å². The normalized spacial score (nSPS) is 13.2. The number of ether oxygens (including phenoxy) is 1. The van der Waals surface area contributed by atoms with E-state index < -0.39 is 11.6 Å². The number of carbonyl (C=O) groups is 3. The molecule has 1 N–H and O–H groups in total. The molecule has 1 aliphatic heterocycles. The average molecular weight is 577 g/mol. The first-order valence-corrected chi connectivity index (χ1v) is 13.2. The highest BCUT2D eigenvalue weighted by Gasteiger charge is 2.27.